The fraction of sp³-hybridized carbons (Fsp3) is 0.182. The number of thiazole rings is 1. The van der Waals surface area contributed by atoms with E-state index >= 15 is 0 Å². The van der Waals surface area contributed by atoms with E-state index in [4.69, 9.17) is 9.84 Å². The summed E-state index contributed by atoms with van der Waals surface area (Å²) in [7, 11) is 0. The molecular formula is C22H17F3N2O3S. The summed E-state index contributed by atoms with van der Waals surface area (Å²) >= 11 is 1.35. The average Bonchev–Trinajstić information content (AvgIpc) is 3.29. The molecule has 0 aliphatic heterocycles. The van der Waals surface area contributed by atoms with Crippen molar-refractivity contribution in [2.75, 3.05) is 0 Å². The van der Waals surface area contributed by atoms with Gasteiger partial charge >= 0.3 is 12.1 Å². The lowest BCUT2D eigenvalue weighted by Gasteiger charge is -2.08. The van der Waals surface area contributed by atoms with Crippen molar-refractivity contribution in [3.8, 4) is 16.3 Å². The lowest BCUT2D eigenvalue weighted by atomic mass is 10.1. The first kappa shape index (κ1) is 20.9. The van der Waals surface area contributed by atoms with Crippen molar-refractivity contribution >= 4 is 28.2 Å². The van der Waals surface area contributed by atoms with Crippen molar-refractivity contribution < 1.29 is 27.8 Å². The highest BCUT2D eigenvalue weighted by atomic mass is 32.1. The second kappa shape index (κ2) is 8.07. The van der Waals surface area contributed by atoms with Crippen molar-refractivity contribution in [2.45, 2.75) is 26.1 Å². The van der Waals surface area contributed by atoms with Gasteiger partial charge in [-0.3, -0.25) is 4.79 Å². The molecular weight excluding hydrogens is 429 g/mol. The second-order valence-electron chi connectivity index (χ2n) is 6.95. The van der Waals surface area contributed by atoms with Crippen LogP contribution < -0.4 is 4.74 Å². The van der Waals surface area contributed by atoms with Gasteiger partial charge in [0.2, 0.25) is 0 Å². The van der Waals surface area contributed by atoms with Gasteiger partial charge in [-0.2, -0.15) is 13.2 Å². The van der Waals surface area contributed by atoms with Crippen LogP contribution in [0.5, 0.6) is 5.75 Å². The fourth-order valence-corrected chi connectivity index (χ4v) is 4.25. The molecule has 0 amide bonds. The number of benzene rings is 2. The largest absolute Gasteiger partial charge is 0.487 e. The van der Waals surface area contributed by atoms with Crippen molar-refractivity contribution in [1.29, 1.82) is 0 Å². The van der Waals surface area contributed by atoms with Crippen LogP contribution >= 0.6 is 11.3 Å². The lowest BCUT2D eigenvalue weighted by molar-refractivity contribution is -0.138. The van der Waals surface area contributed by atoms with E-state index in [0.717, 1.165) is 33.6 Å². The molecule has 2 aromatic heterocycles. The van der Waals surface area contributed by atoms with Crippen molar-refractivity contribution in [1.82, 2.24) is 9.97 Å². The number of alkyl halides is 3. The molecule has 9 heteroatoms. The Morgan fingerprint density at radius 1 is 1.19 bits per heavy atom. The molecule has 4 aromatic rings. The molecule has 2 N–H and O–H groups in total. The maximum Gasteiger partial charge on any atom is 0.416 e. The average molecular weight is 446 g/mol. The van der Waals surface area contributed by atoms with Crippen LogP contribution in [0.2, 0.25) is 0 Å². The van der Waals surface area contributed by atoms with Crippen LogP contribution in [0.4, 0.5) is 13.2 Å². The number of fused-ring (bicyclic) bond motifs is 1. The minimum Gasteiger partial charge on any atom is -0.487 e. The summed E-state index contributed by atoms with van der Waals surface area (Å²) in [5, 5.41) is 10.5. The van der Waals surface area contributed by atoms with Gasteiger partial charge in [0.25, 0.3) is 0 Å². The third-order valence-electron chi connectivity index (χ3n) is 4.80. The zero-order valence-electron chi connectivity index (χ0n) is 16.3. The van der Waals surface area contributed by atoms with E-state index < -0.39 is 17.7 Å². The number of carboxylic acid groups (broad SMARTS) is 1. The maximum absolute atomic E-state index is 12.8. The van der Waals surface area contributed by atoms with E-state index in [-0.39, 0.29) is 13.0 Å². The standard InChI is InChI=1S/C22H17F3N2O3S/c1-12-18(31-21(27-12)13-5-7-15(8-6-13)22(23,24)25)11-30-17-4-2-3-16-20(17)14(10-26-16)9-19(28)29/h2-8,10,26H,9,11H2,1H3,(H,28,29). The number of H-pyrrole nitrogens is 1. The maximum atomic E-state index is 12.8. The van der Waals surface area contributed by atoms with Crippen LogP contribution in [0.1, 0.15) is 21.7 Å². The minimum absolute atomic E-state index is 0.127. The van der Waals surface area contributed by atoms with Gasteiger partial charge in [-0.25, -0.2) is 4.98 Å². The number of hydrogen-bond donors (Lipinski definition) is 2. The monoisotopic (exact) mass is 446 g/mol. The third-order valence-corrected chi connectivity index (χ3v) is 5.98. The van der Waals surface area contributed by atoms with Crippen LogP contribution in [0.15, 0.2) is 48.7 Å². The molecule has 0 bridgehead atoms. The van der Waals surface area contributed by atoms with Crippen LogP contribution in [0.3, 0.4) is 0 Å². The van der Waals surface area contributed by atoms with Gasteiger partial charge in [-0.05, 0) is 36.8 Å². The molecule has 0 atom stereocenters. The quantitative estimate of drug-likeness (QED) is 0.391. The Hall–Kier alpha value is -3.33. The van der Waals surface area contributed by atoms with E-state index in [1.165, 1.54) is 23.5 Å². The number of carboxylic acids is 1. The number of aromatic nitrogens is 2. The molecule has 0 saturated heterocycles. The number of nitrogens with one attached hydrogen (secondary N) is 1. The second-order valence-corrected chi connectivity index (χ2v) is 8.04. The van der Waals surface area contributed by atoms with Gasteiger partial charge in [0.05, 0.1) is 22.6 Å². The lowest BCUT2D eigenvalue weighted by Crippen LogP contribution is -2.03. The van der Waals surface area contributed by atoms with Crippen molar-refractivity contribution in [2.24, 2.45) is 0 Å². The summed E-state index contributed by atoms with van der Waals surface area (Å²) in [6.07, 6.45) is -2.85. The van der Waals surface area contributed by atoms with Gasteiger partial charge in [0.15, 0.2) is 0 Å². The Bertz CT molecular complexity index is 1240. The number of halogens is 3. The first-order valence-electron chi connectivity index (χ1n) is 9.30. The van der Waals surface area contributed by atoms with E-state index in [1.807, 2.05) is 19.1 Å². The Balaban J connectivity index is 1.56. The SMILES string of the molecule is Cc1nc(-c2ccc(C(F)(F)F)cc2)sc1COc1cccc2[nH]cc(CC(=O)O)c12. The van der Waals surface area contributed by atoms with Crippen LogP contribution in [-0.4, -0.2) is 21.0 Å². The summed E-state index contributed by atoms with van der Waals surface area (Å²) in [5.41, 5.74) is 2.03. The summed E-state index contributed by atoms with van der Waals surface area (Å²) in [4.78, 5) is 19.5. The summed E-state index contributed by atoms with van der Waals surface area (Å²) in [5.74, 6) is -0.380. The number of aliphatic carboxylic acids is 1. The highest BCUT2D eigenvalue weighted by Crippen LogP contribution is 2.34. The first-order valence-corrected chi connectivity index (χ1v) is 10.1. The molecule has 4 rings (SSSR count). The normalized spacial score (nSPS) is 11.7. The smallest absolute Gasteiger partial charge is 0.416 e. The Labute approximate surface area is 179 Å². The molecule has 0 saturated carbocycles. The molecule has 31 heavy (non-hydrogen) atoms. The predicted molar refractivity (Wildman–Crippen MR) is 111 cm³/mol. The number of carbonyl (C=O) groups is 1. The summed E-state index contributed by atoms with van der Waals surface area (Å²) in [6, 6.07) is 10.3. The number of rotatable bonds is 6. The van der Waals surface area contributed by atoms with E-state index in [9.17, 15) is 18.0 Å². The molecule has 0 aliphatic rings. The van der Waals surface area contributed by atoms with E-state index in [1.54, 1.807) is 12.3 Å². The minimum atomic E-state index is -4.38. The van der Waals surface area contributed by atoms with Crippen LogP contribution in [-0.2, 0) is 24.0 Å². The third kappa shape index (κ3) is 4.41. The molecule has 0 radical (unpaired) electrons. The molecule has 0 aliphatic carbocycles. The zero-order chi connectivity index (χ0) is 22.2. The molecule has 0 unspecified atom stereocenters. The molecule has 0 fully saturated rings. The predicted octanol–water partition coefficient (Wildman–Crippen LogP) is 5.82. The highest BCUT2D eigenvalue weighted by molar-refractivity contribution is 7.15. The number of ether oxygens (including phenoxy) is 1. The van der Waals surface area contributed by atoms with Crippen molar-refractivity contribution in [3.63, 3.8) is 0 Å². The van der Waals surface area contributed by atoms with Crippen LogP contribution in [0, 0.1) is 6.92 Å². The number of aromatic amines is 1. The Morgan fingerprint density at radius 2 is 1.94 bits per heavy atom. The van der Waals surface area contributed by atoms with Crippen LogP contribution in [0.25, 0.3) is 21.5 Å². The number of aryl methyl sites for hydroxylation is 1. The van der Waals surface area contributed by atoms with E-state index in [2.05, 4.69) is 9.97 Å². The van der Waals surface area contributed by atoms with Gasteiger partial charge in [0.1, 0.15) is 17.4 Å². The molecule has 2 aromatic carbocycles. The van der Waals surface area contributed by atoms with Crippen molar-refractivity contribution in [3.05, 3.63) is 70.4 Å². The summed E-state index contributed by atoms with van der Waals surface area (Å²) < 4.78 is 44.3. The summed E-state index contributed by atoms with van der Waals surface area (Å²) in [6.45, 7) is 2.02. The van der Waals surface area contributed by atoms with Gasteiger partial charge in [0, 0.05) is 22.7 Å². The molecule has 2 heterocycles. The first-order chi connectivity index (χ1) is 14.7. The molecule has 5 nitrogen and oxygen atoms in total. The van der Waals surface area contributed by atoms with E-state index in [0.29, 0.717) is 21.9 Å². The number of nitrogens with zero attached hydrogens (tertiary/aromatic N) is 1. The zero-order valence-corrected chi connectivity index (χ0v) is 17.1. The Kier molecular flexibility index (Phi) is 5.45. The fourth-order valence-electron chi connectivity index (χ4n) is 3.27. The molecule has 160 valence electrons. The topological polar surface area (TPSA) is 75.2 Å². The number of hydrogen-bond acceptors (Lipinski definition) is 4. The van der Waals surface area contributed by atoms with Gasteiger partial charge < -0.3 is 14.8 Å². The highest BCUT2D eigenvalue weighted by Gasteiger charge is 2.30. The van der Waals surface area contributed by atoms with Gasteiger partial charge in [-0.15, -0.1) is 11.3 Å². The molecule has 0 spiro atoms. The Morgan fingerprint density at radius 3 is 2.61 bits per heavy atom. The van der Waals surface area contributed by atoms with Gasteiger partial charge in [-0.1, -0.05) is 18.2 Å².